The van der Waals surface area contributed by atoms with Gasteiger partial charge in [0.1, 0.15) is 6.33 Å². The molecule has 1 aromatic carbocycles. The predicted molar refractivity (Wildman–Crippen MR) is 84.3 cm³/mol. The zero-order valence-corrected chi connectivity index (χ0v) is 12.7. The second-order valence-electron chi connectivity index (χ2n) is 4.50. The number of aromatic amines is 1. The summed E-state index contributed by atoms with van der Waals surface area (Å²) in [6.45, 7) is 0. The smallest absolute Gasteiger partial charge is 0.238 e. The largest absolute Gasteiger partial charge is 0.273 e. The van der Waals surface area contributed by atoms with Gasteiger partial charge in [0.25, 0.3) is 0 Å². The summed E-state index contributed by atoms with van der Waals surface area (Å²) in [5.41, 5.74) is 3.69. The van der Waals surface area contributed by atoms with Crippen molar-refractivity contribution >= 4 is 39.7 Å². The number of nitrogens with one attached hydrogen (secondary N) is 2. The SMILES string of the molecule is O=C(CCCc1nc2ccccc2s1)Nn1cn[nH]c1=S. The summed E-state index contributed by atoms with van der Waals surface area (Å²) in [6.07, 6.45) is 3.40. The van der Waals surface area contributed by atoms with E-state index in [1.165, 1.54) is 15.7 Å². The molecule has 0 bridgehead atoms. The van der Waals surface area contributed by atoms with Crippen molar-refractivity contribution in [1.29, 1.82) is 0 Å². The molecule has 2 aromatic heterocycles. The van der Waals surface area contributed by atoms with Crippen LogP contribution in [-0.4, -0.2) is 25.8 Å². The molecule has 0 aliphatic carbocycles. The summed E-state index contributed by atoms with van der Waals surface area (Å²) in [6, 6.07) is 8.05. The van der Waals surface area contributed by atoms with Crippen LogP contribution in [0.3, 0.4) is 0 Å². The Hall–Kier alpha value is -2.06. The van der Waals surface area contributed by atoms with Crippen LogP contribution < -0.4 is 5.43 Å². The van der Waals surface area contributed by atoms with Crippen LogP contribution in [0.15, 0.2) is 30.6 Å². The van der Waals surface area contributed by atoms with Gasteiger partial charge < -0.3 is 0 Å². The number of fused-ring (bicyclic) bond motifs is 1. The highest BCUT2D eigenvalue weighted by Crippen LogP contribution is 2.22. The minimum atomic E-state index is -0.0892. The molecule has 6 nitrogen and oxygen atoms in total. The maximum atomic E-state index is 11.8. The minimum absolute atomic E-state index is 0.0892. The molecule has 0 spiro atoms. The van der Waals surface area contributed by atoms with Gasteiger partial charge in [0.05, 0.1) is 15.2 Å². The molecule has 0 aliphatic heterocycles. The summed E-state index contributed by atoms with van der Waals surface area (Å²) in [5, 5.41) is 7.37. The number of amides is 1. The van der Waals surface area contributed by atoms with Crippen molar-refractivity contribution < 1.29 is 4.79 Å². The van der Waals surface area contributed by atoms with Crippen LogP contribution in [0.2, 0.25) is 0 Å². The molecule has 0 unspecified atom stereocenters. The Labute approximate surface area is 129 Å². The zero-order valence-electron chi connectivity index (χ0n) is 11.1. The van der Waals surface area contributed by atoms with Crippen LogP contribution in [0.1, 0.15) is 17.8 Å². The molecule has 1 amide bonds. The second kappa shape index (κ2) is 6.15. The molecule has 0 atom stereocenters. The van der Waals surface area contributed by atoms with Crippen LogP contribution in [0.5, 0.6) is 0 Å². The lowest BCUT2D eigenvalue weighted by atomic mass is 10.2. The van der Waals surface area contributed by atoms with Crippen molar-refractivity contribution in [3.05, 3.63) is 40.4 Å². The van der Waals surface area contributed by atoms with Crippen LogP contribution >= 0.6 is 23.6 Å². The van der Waals surface area contributed by atoms with Crippen LogP contribution in [0, 0.1) is 4.77 Å². The molecule has 0 saturated carbocycles. The third kappa shape index (κ3) is 3.34. The van der Waals surface area contributed by atoms with Gasteiger partial charge in [0.15, 0.2) is 0 Å². The van der Waals surface area contributed by atoms with E-state index in [1.54, 1.807) is 11.3 Å². The van der Waals surface area contributed by atoms with E-state index < -0.39 is 0 Å². The lowest BCUT2D eigenvalue weighted by Crippen LogP contribution is -2.22. The Kier molecular flexibility index (Phi) is 4.07. The van der Waals surface area contributed by atoms with Crippen LogP contribution in [0.25, 0.3) is 10.2 Å². The topological polar surface area (TPSA) is 75.6 Å². The molecular formula is C13H13N5OS2. The van der Waals surface area contributed by atoms with Gasteiger partial charge in [-0.25, -0.2) is 9.66 Å². The van der Waals surface area contributed by atoms with Crippen molar-refractivity contribution in [1.82, 2.24) is 19.9 Å². The molecule has 0 radical (unpaired) electrons. The molecule has 0 aliphatic rings. The Morgan fingerprint density at radius 3 is 3.05 bits per heavy atom. The normalized spacial score (nSPS) is 10.9. The quantitative estimate of drug-likeness (QED) is 0.709. The standard InChI is InChI=1S/C13H13N5OS2/c19-11(17-18-8-14-16-13(18)20)6-3-7-12-15-9-4-1-2-5-10(9)21-12/h1-2,4-5,8H,3,6-7H2,(H,16,20)(H,17,19). The highest BCUT2D eigenvalue weighted by Gasteiger charge is 2.06. The first-order chi connectivity index (χ1) is 10.2. The average Bonchev–Trinajstić information content (AvgIpc) is 3.05. The van der Waals surface area contributed by atoms with Crippen molar-refractivity contribution in [3.63, 3.8) is 0 Å². The molecule has 0 saturated heterocycles. The number of hydrogen-bond acceptors (Lipinski definition) is 5. The van der Waals surface area contributed by atoms with Crippen LogP contribution in [-0.2, 0) is 11.2 Å². The van der Waals surface area contributed by atoms with E-state index in [0.29, 0.717) is 11.2 Å². The van der Waals surface area contributed by atoms with Crippen molar-refractivity contribution in [2.24, 2.45) is 0 Å². The first kappa shape index (κ1) is 13.9. The predicted octanol–water partition coefficient (Wildman–Crippen LogP) is 2.64. The van der Waals surface area contributed by atoms with E-state index in [9.17, 15) is 4.79 Å². The maximum absolute atomic E-state index is 11.8. The Morgan fingerprint density at radius 2 is 2.29 bits per heavy atom. The number of hydrogen-bond donors (Lipinski definition) is 2. The minimum Gasteiger partial charge on any atom is -0.273 e. The number of nitrogens with zero attached hydrogens (tertiary/aromatic N) is 3. The molecule has 8 heteroatoms. The van der Waals surface area contributed by atoms with Gasteiger partial charge in [-0.05, 0) is 37.2 Å². The van der Waals surface area contributed by atoms with Gasteiger partial charge in [-0.2, -0.15) is 5.10 Å². The summed E-state index contributed by atoms with van der Waals surface area (Å²) in [7, 11) is 0. The molecule has 2 heterocycles. The zero-order chi connectivity index (χ0) is 14.7. The first-order valence-electron chi connectivity index (χ1n) is 6.49. The maximum Gasteiger partial charge on any atom is 0.238 e. The Balaban J connectivity index is 1.52. The van der Waals surface area contributed by atoms with E-state index in [2.05, 4.69) is 26.7 Å². The van der Waals surface area contributed by atoms with Gasteiger partial charge in [0.2, 0.25) is 10.7 Å². The number of rotatable bonds is 5. The number of thiazole rings is 1. The number of para-hydroxylation sites is 1. The summed E-state index contributed by atoms with van der Waals surface area (Å²) < 4.78 is 2.95. The molecule has 3 rings (SSSR count). The summed E-state index contributed by atoms with van der Waals surface area (Å²) >= 11 is 6.63. The third-order valence-corrected chi connectivity index (χ3v) is 4.31. The van der Waals surface area contributed by atoms with Crippen LogP contribution in [0.4, 0.5) is 0 Å². The monoisotopic (exact) mass is 319 g/mol. The number of benzene rings is 1. The second-order valence-corrected chi connectivity index (χ2v) is 6.00. The Bertz CT molecular complexity index is 786. The van der Waals surface area contributed by atoms with Gasteiger partial charge in [-0.3, -0.25) is 15.3 Å². The van der Waals surface area contributed by atoms with E-state index in [4.69, 9.17) is 12.2 Å². The van der Waals surface area contributed by atoms with Gasteiger partial charge >= 0.3 is 0 Å². The number of carbonyl (C=O) groups excluding carboxylic acids is 1. The highest BCUT2D eigenvalue weighted by molar-refractivity contribution is 7.71. The fourth-order valence-corrected chi connectivity index (χ4v) is 3.10. The molecule has 0 fully saturated rings. The lowest BCUT2D eigenvalue weighted by Gasteiger charge is -2.03. The number of aromatic nitrogens is 4. The number of H-pyrrole nitrogens is 1. The fourth-order valence-electron chi connectivity index (χ4n) is 1.95. The van der Waals surface area contributed by atoms with E-state index in [1.807, 2.05) is 18.2 Å². The molecular weight excluding hydrogens is 306 g/mol. The van der Waals surface area contributed by atoms with E-state index >= 15 is 0 Å². The molecule has 3 aromatic rings. The van der Waals surface area contributed by atoms with Gasteiger partial charge in [0, 0.05) is 6.42 Å². The number of aryl methyl sites for hydroxylation is 1. The number of carbonyl (C=O) groups is 1. The molecule has 2 N–H and O–H groups in total. The molecule has 108 valence electrons. The third-order valence-electron chi connectivity index (χ3n) is 2.93. The van der Waals surface area contributed by atoms with E-state index in [0.717, 1.165) is 23.4 Å². The molecule has 21 heavy (non-hydrogen) atoms. The van der Waals surface area contributed by atoms with Gasteiger partial charge in [-0.15, -0.1) is 11.3 Å². The van der Waals surface area contributed by atoms with Crippen molar-refractivity contribution in [2.75, 3.05) is 5.43 Å². The first-order valence-corrected chi connectivity index (χ1v) is 7.71. The summed E-state index contributed by atoms with van der Waals surface area (Å²) in [5.74, 6) is -0.0892. The highest BCUT2D eigenvalue weighted by atomic mass is 32.1. The van der Waals surface area contributed by atoms with Crippen molar-refractivity contribution in [2.45, 2.75) is 19.3 Å². The summed E-state index contributed by atoms with van der Waals surface area (Å²) in [4.78, 5) is 16.3. The average molecular weight is 319 g/mol. The Morgan fingerprint density at radius 1 is 1.43 bits per heavy atom. The van der Waals surface area contributed by atoms with Gasteiger partial charge in [-0.1, -0.05) is 12.1 Å². The fraction of sp³-hybridized carbons (Fsp3) is 0.231. The lowest BCUT2D eigenvalue weighted by molar-refractivity contribution is -0.117. The van der Waals surface area contributed by atoms with Crippen molar-refractivity contribution in [3.8, 4) is 0 Å². The van der Waals surface area contributed by atoms with E-state index in [-0.39, 0.29) is 5.91 Å².